The van der Waals surface area contributed by atoms with E-state index in [0.29, 0.717) is 6.42 Å². The number of hydrogen-bond donors (Lipinski definition) is 0. The van der Waals surface area contributed by atoms with Gasteiger partial charge in [0.15, 0.2) is 5.78 Å². The molecular weight excluding hydrogens is 318 g/mol. The first-order valence-electron chi connectivity index (χ1n) is 7.18. The molecule has 1 aliphatic heterocycles. The van der Waals surface area contributed by atoms with Gasteiger partial charge in [-0.1, -0.05) is 23.8 Å². The molecule has 6 nitrogen and oxygen atoms in total. The SMILES string of the molecule is COC(=O)/C=C/CC1CN(S(=O)(=O)c2ccc(C)cc2)CC1=O. The number of esters is 1. The molecular formula is C16H19NO5S. The summed E-state index contributed by atoms with van der Waals surface area (Å²) in [4.78, 5) is 23.2. The summed E-state index contributed by atoms with van der Waals surface area (Å²) in [6.45, 7) is 1.87. The van der Waals surface area contributed by atoms with Crippen molar-refractivity contribution in [3.63, 3.8) is 0 Å². The Hall–Kier alpha value is -1.99. The van der Waals surface area contributed by atoms with E-state index in [2.05, 4.69) is 4.74 Å². The van der Waals surface area contributed by atoms with Crippen LogP contribution in [0.1, 0.15) is 12.0 Å². The molecule has 7 heteroatoms. The van der Waals surface area contributed by atoms with E-state index >= 15 is 0 Å². The lowest BCUT2D eigenvalue weighted by Gasteiger charge is -2.15. The van der Waals surface area contributed by atoms with Crippen LogP contribution in [0.25, 0.3) is 0 Å². The summed E-state index contributed by atoms with van der Waals surface area (Å²) >= 11 is 0. The highest BCUT2D eigenvalue weighted by molar-refractivity contribution is 7.89. The number of rotatable bonds is 5. The molecule has 2 rings (SSSR count). The van der Waals surface area contributed by atoms with Crippen LogP contribution >= 0.6 is 0 Å². The van der Waals surface area contributed by atoms with Gasteiger partial charge in [-0.25, -0.2) is 13.2 Å². The second-order valence-electron chi connectivity index (χ2n) is 5.44. The second-order valence-corrected chi connectivity index (χ2v) is 7.37. The minimum atomic E-state index is -3.67. The molecule has 0 N–H and O–H groups in total. The van der Waals surface area contributed by atoms with Crippen molar-refractivity contribution in [3.05, 3.63) is 42.0 Å². The summed E-state index contributed by atoms with van der Waals surface area (Å²) in [6, 6.07) is 6.53. The number of carbonyl (C=O) groups is 2. The van der Waals surface area contributed by atoms with Crippen LogP contribution in [0, 0.1) is 12.8 Å². The minimum absolute atomic E-state index is 0.126. The maximum absolute atomic E-state index is 12.5. The van der Waals surface area contributed by atoms with Crippen molar-refractivity contribution < 1.29 is 22.7 Å². The number of ketones is 1. The Balaban J connectivity index is 2.08. The molecule has 1 atom stereocenters. The van der Waals surface area contributed by atoms with E-state index in [1.807, 2.05) is 6.92 Å². The zero-order valence-corrected chi connectivity index (χ0v) is 13.9. The summed E-state index contributed by atoms with van der Waals surface area (Å²) in [7, 11) is -2.40. The summed E-state index contributed by atoms with van der Waals surface area (Å²) in [5.74, 6) is -1.08. The normalized spacial score (nSPS) is 19.4. The fraction of sp³-hybridized carbons (Fsp3) is 0.375. The molecule has 0 amide bonds. The maximum atomic E-state index is 12.5. The van der Waals surface area contributed by atoms with Crippen molar-refractivity contribution in [1.29, 1.82) is 0 Å². The van der Waals surface area contributed by atoms with Gasteiger partial charge in [0.05, 0.1) is 18.6 Å². The van der Waals surface area contributed by atoms with E-state index in [9.17, 15) is 18.0 Å². The molecule has 1 saturated heterocycles. The van der Waals surface area contributed by atoms with Crippen molar-refractivity contribution >= 4 is 21.8 Å². The Kier molecular flexibility index (Phi) is 5.33. The van der Waals surface area contributed by atoms with Crippen LogP contribution in [-0.4, -0.2) is 44.7 Å². The summed E-state index contributed by atoms with van der Waals surface area (Å²) in [6.07, 6.45) is 3.09. The Morgan fingerprint density at radius 2 is 2.00 bits per heavy atom. The number of allylic oxidation sites excluding steroid dienone is 1. The molecule has 124 valence electrons. The highest BCUT2D eigenvalue weighted by atomic mass is 32.2. The van der Waals surface area contributed by atoms with Crippen LogP contribution in [0.3, 0.4) is 0 Å². The van der Waals surface area contributed by atoms with Crippen LogP contribution in [0.2, 0.25) is 0 Å². The highest BCUT2D eigenvalue weighted by Gasteiger charge is 2.37. The summed E-state index contributed by atoms with van der Waals surface area (Å²) in [5.41, 5.74) is 0.965. The average molecular weight is 337 g/mol. The molecule has 1 aromatic carbocycles. The van der Waals surface area contributed by atoms with E-state index in [4.69, 9.17) is 0 Å². The molecule has 1 aromatic rings. The molecule has 1 unspecified atom stereocenters. The number of nitrogens with zero attached hydrogens (tertiary/aromatic N) is 1. The van der Waals surface area contributed by atoms with Gasteiger partial charge in [-0.2, -0.15) is 4.31 Å². The Morgan fingerprint density at radius 1 is 1.35 bits per heavy atom. The van der Waals surface area contributed by atoms with Gasteiger partial charge in [0.25, 0.3) is 0 Å². The predicted molar refractivity (Wildman–Crippen MR) is 84.2 cm³/mol. The number of benzene rings is 1. The van der Waals surface area contributed by atoms with Gasteiger partial charge in [-0.3, -0.25) is 4.79 Å². The molecule has 1 fully saturated rings. The van der Waals surface area contributed by atoms with Crippen molar-refractivity contribution in [2.45, 2.75) is 18.2 Å². The first-order chi connectivity index (χ1) is 10.8. The predicted octanol–water partition coefficient (Wildman–Crippen LogP) is 1.30. The van der Waals surface area contributed by atoms with E-state index in [0.717, 1.165) is 5.56 Å². The third kappa shape index (κ3) is 4.05. The fourth-order valence-electron chi connectivity index (χ4n) is 2.36. The summed E-state index contributed by atoms with van der Waals surface area (Å²) < 4.78 is 30.8. The molecule has 1 aliphatic rings. The number of sulfonamides is 1. The van der Waals surface area contributed by atoms with Gasteiger partial charge >= 0.3 is 5.97 Å². The Morgan fingerprint density at radius 3 is 2.61 bits per heavy atom. The van der Waals surface area contributed by atoms with E-state index in [1.165, 1.54) is 23.6 Å². The first kappa shape index (κ1) is 17.4. The molecule has 0 saturated carbocycles. The Labute approximate surface area is 135 Å². The van der Waals surface area contributed by atoms with Crippen LogP contribution < -0.4 is 0 Å². The molecule has 0 radical (unpaired) electrons. The van der Waals surface area contributed by atoms with E-state index < -0.39 is 21.9 Å². The lowest BCUT2D eigenvalue weighted by molar-refractivity contribution is -0.134. The average Bonchev–Trinajstić information content (AvgIpc) is 2.89. The van der Waals surface area contributed by atoms with Crippen molar-refractivity contribution in [2.75, 3.05) is 20.2 Å². The van der Waals surface area contributed by atoms with Gasteiger partial charge in [-0.05, 0) is 25.5 Å². The largest absolute Gasteiger partial charge is 0.466 e. The van der Waals surface area contributed by atoms with Crippen LogP contribution in [-0.2, 0) is 24.3 Å². The monoisotopic (exact) mass is 337 g/mol. The molecule has 0 aliphatic carbocycles. The number of methoxy groups -OCH3 is 1. The minimum Gasteiger partial charge on any atom is -0.466 e. The molecule has 23 heavy (non-hydrogen) atoms. The van der Waals surface area contributed by atoms with Crippen LogP contribution in [0.4, 0.5) is 0 Å². The number of carbonyl (C=O) groups excluding carboxylic acids is 2. The molecule has 0 aromatic heterocycles. The smallest absolute Gasteiger partial charge is 0.330 e. The van der Waals surface area contributed by atoms with Crippen molar-refractivity contribution in [1.82, 2.24) is 4.31 Å². The quantitative estimate of drug-likeness (QED) is 0.598. The molecule has 0 bridgehead atoms. The second kappa shape index (κ2) is 7.06. The number of hydrogen-bond acceptors (Lipinski definition) is 5. The number of aryl methyl sites for hydroxylation is 1. The number of ether oxygens (including phenoxy) is 1. The number of Topliss-reactive ketones (excluding diaryl/α,β-unsaturated/α-hetero) is 1. The third-order valence-corrected chi connectivity index (χ3v) is 5.57. The van der Waals surface area contributed by atoms with Gasteiger partial charge in [0.1, 0.15) is 0 Å². The standard InChI is InChI=1S/C16H19NO5S/c1-12-6-8-14(9-7-12)23(20,21)17-10-13(15(18)11-17)4-3-5-16(19)22-2/h3,5-9,13H,4,10-11H2,1-2H3/b5-3+. The van der Waals surface area contributed by atoms with Crippen LogP contribution in [0.15, 0.2) is 41.3 Å². The van der Waals surface area contributed by atoms with Gasteiger partial charge < -0.3 is 4.74 Å². The molecule has 1 heterocycles. The zero-order valence-electron chi connectivity index (χ0n) is 13.1. The van der Waals surface area contributed by atoms with E-state index in [1.54, 1.807) is 24.3 Å². The topological polar surface area (TPSA) is 80.8 Å². The van der Waals surface area contributed by atoms with Crippen LogP contribution in [0.5, 0.6) is 0 Å². The third-order valence-electron chi connectivity index (χ3n) is 3.75. The fourth-order valence-corrected chi connectivity index (χ4v) is 3.81. The maximum Gasteiger partial charge on any atom is 0.330 e. The highest BCUT2D eigenvalue weighted by Crippen LogP contribution is 2.24. The van der Waals surface area contributed by atoms with Crippen molar-refractivity contribution in [2.24, 2.45) is 5.92 Å². The summed E-state index contributed by atoms with van der Waals surface area (Å²) in [5, 5.41) is 0. The Bertz CT molecular complexity index is 721. The van der Waals surface area contributed by atoms with E-state index in [-0.39, 0.29) is 23.8 Å². The lowest BCUT2D eigenvalue weighted by atomic mass is 10.0. The zero-order chi connectivity index (χ0) is 17.0. The van der Waals surface area contributed by atoms with Gasteiger partial charge in [0, 0.05) is 18.5 Å². The first-order valence-corrected chi connectivity index (χ1v) is 8.62. The van der Waals surface area contributed by atoms with Gasteiger partial charge in [-0.15, -0.1) is 0 Å². The molecule has 0 spiro atoms. The van der Waals surface area contributed by atoms with Crippen molar-refractivity contribution in [3.8, 4) is 0 Å². The van der Waals surface area contributed by atoms with Gasteiger partial charge in [0.2, 0.25) is 10.0 Å². The lowest BCUT2D eigenvalue weighted by Crippen LogP contribution is -2.29.